The van der Waals surface area contributed by atoms with Crippen LogP contribution in [0.3, 0.4) is 0 Å². The van der Waals surface area contributed by atoms with Gasteiger partial charge in [0, 0.05) is 101 Å². The molecule has 1 N–H and O–H groups in total. The zero-order valence-corrected chi connectivity index (χ0v) is 33.8. The minimum absolute atomic E-state index is 0.0860. The molecule has 5 heterocycles. The highest BCUT2D eigenvalue weighted by molar-refractivity contribution is 6.23. The fourth-order valence-electron chi connectivity index (χ4n) is 9.70. The lowest BCUT2D eigenvalue weighted by Crippen LogP contribution is -2.54. The SMILES string of the molecule is Cc1cccc(F)c1CN1C[C@H](c2ccc(N3CCN(C(=O)CCC4CCN(c5ccc6c(c5)C(=O)N(C5CCC(=O)NC5=O)C6=O)CC4)CC3)cc2)[C@H](N(C)C)C1. The number of fused-ring (bicyclic) bond motifs is 1. The number of halogens is 1. The van der Waals surface area contributed by atoms with Crippen molar-refractivity contribution < 1.29 is 28.4 Å². The molecule has 1 unspecified atom stereocenters. The van der Waals surface area contributed by atoms with Crippen molar-refractivity contribution in [1.82, 2.24) is 24.9 Å². The Morgan fingerprint density at radius 3 is 2.19 bits per heavy atom. The van der Waals surface area contributed by atoms with Crippen molar-refractivity contribution in [2.75, 3.05) is 76.3 Å². The molecule has 306 valence electrons. The number of anilines is 2. The number of nitrogens with one attached hydrogen (secondary N) is 1. The molecular weight excluding hydrogens is 738 g/mol. The molecule has 13 heteroatoms. The smallest absolute Gasteiger partial charge is 0.262 e. The van der Waals surface area contributed by atoms with E-state index in [2.05, 4.69) is 63.3 Å². The lowest BCUT2D eigenvalue weighted by molar-refractivity contribution is -0.136. The van der Waals surface area contributed by atoms with Crippen molar-refractivity contribution in [3.05, 3.63) is 94.3 Å². The Balaban J connectivity index is 0.783. The van der Waals surface area contributed by atoms with E-state index in [1.54, 1.807) is 24.3 Å². The second-order valence-corrected chi connectivity index (χ2v) is 17.0. The fourth-order valence-corrected chi connectivity index (χ4v) is 9.70. The molecule has 0 bridgehead atoms. The van der Waals surface area contributed by atoms with Crippen LogP contribution in [0.15, 0.2) is 60.7 Å². The summed E-state index contributed by atoms with van der Waals surface area (Å²) < 4.78 is 14.7. The van der Waals surface area contributed by atoms with Crippen LogP contribution < -0.4 is 15.1 Å². The molecule has 4 fully saturated rings. The predicted octanol–water partition coefficient (Wildman–Crippen LogP) is 4.41. The van der Waals surface area contributed by atoms with Gasteiger partial charge in [0.25, 0.3) is 11.8 Å². The Morgan fingerprint density at radius 2 is 1.50 bits per heavy atom. The van der Waals surface area contributed by atoms with E-state index in [1.807, 2.05) is 24.0 Å². The summed E-state index contributed by atoms with van der Waals surface area (Å²) in [5, 5.41) is 2.24. The van der Waals surface area contributed by atoms with Crippen LogP contribution in [-0.4, -0.2) is 128 Å². The third-order valence-corrected chi connectivity index (χ3v) is 13.3. The third kappa shape index (κ3) is 7.98. The highest BCUT2D eigenvalue weighted by Crippen LogP contribution is 2.35. The number of carbonyl (C=O) groups is 5. The monoisotopic (exact) mass is 791 g/mol. The number of aryl methyl sites for hydroxylation is 1. The van der Waals surface area contributed by atoms with E-state index in [0.717, 1.165) is 80.2 Å². The second kappa shape index (κ2) is 16.6. The van der Waals surface area contributed by atoms with Crippen molar-refractivity contribution >= 4 is 40.9 Å². The molecule has 8 rings (SSSR count). The van der Waals surface area contributed by atoms with Gasteiger partial charge in [0.2, 0.25) is 17.7 Å². The van der Waals surface area contributed by atoms with Crippen molar-refractivity contribution in [1.29, 1.82) is 0 Å². The average molecular weight is 792 g/mol. The maximum Gasteiger partial charge on any atom is 0.262 e. The van der Waals surface area contributed by atoms with Crippen LogP contribution in [0.1, 0.15) is 81.8 Å². The Hall–Kier alpha value is -5.14. The van der Waals surface area contributed by atoms with Crippen molar-refractivity contribution in [2.45, 2.75) is 70.0 Å². The topological polar surface area (TPSA) is 117 Å². The maximum atomic E-state index is 14.7. The highest BCUT2D eigenvalue weighted by Gasteiger charge is 2.45. The predicted molar refractivity (Wildman–Crippen MR) is 219 cm³/mol. The van der Waals surface area contributed by atoms with E-state index in [0.29, 0.717) is 49.5 Å². The van der Waals surface area contributed by atoms with Crippen molar-refractivity contribution in [2.24, 2.45) is 5.92 Å². The normalized spacial score (nSPS) is 23.3. The highest BCUT2D eigenvalue weighted by atomic mass is 19.1. The summed E-state index contributed by atoms with van der Waals surface area (Å²) in [6.45, 7) is 8.94. The van der Waals surface area contributed by atoms with Gasteiger partial charge in [-0.3, -0.25) is 39.1 Å². The number of carbonyl (C=O) groups excluding carboxylic acids is 5. The first-order valence-corrected chi connectivity index (χ1v) is 20.8. The quantitative estimate of drug-likeness (QED) is 0.299. The zero-order chi connectivity index (χ0) is 40.7. The summed E-state index contributed by atoms with van der Waals surface area (Å²) in [6.07, 6.45) is 3.46. The molecule has 12 nitrogen and oxygen atoms in total. The van der Waals surface area contributed by atoms with Crippen LogP contribution in [0, 0.1) is 18.7 Å². The molecule has 3 atom stereocenters. The number of imide groups is 2. The molecule has 58 heavy (non-hydrogen) atoms. The van der Waals surface area contributed by atoms with Gasteiger partial charge in [0.1, 0.15) is 11.9 Å². The lowest BCUT2D eigenvalue weighted by atomic mass is 9.91. The molecule has 0 aromatic heterocycles. The van der Waals surface area contributed by atoms with Crippen LogP contribution in [0.2, 0.25) is 0 Å². The first-order valence-electron chi connectivity index (χ1n) is 20.8. The zero-order valence-electron chi connectivity index (χ0n) is 33.8. The Labute approximate surface area is 339 Å². The number of benzene rings is 3. The van der Waals surface area contributed by atoms with Crippen LogP contribution in [-0.2, 0) is 20.9 Å². The number of nitrogens with zero attached hydrogens (tertiary/aromatic N) is 6. The number of amides is 5. The molecular formula is C45H54FN7O5. The van der Waals surface area contributed by atoms with E-state index >= 15 is 0 Å². The first-order chi connectivity index (χ1) is 27.9. The molecule has 0 aliphatic carbocycles. The van der Waals surface area contributed by atoms with E-state index < -0.39 is 29.7 Å². The number of piperazine rings is 1. The van der Waals surface area contributed by atoms with Gasteiger partial charge in [0.05, 0.1) is 11.1 Å². The van der Waals surface area contributed by atoms with Crippen LogP contribution in [0.4, 0.5) is 15.8 Å². The Morgan fingerprint density at radius 1 is 0.810 bits per heavy atom. The van der Waals surface area contributed by atoms with Gasteiger partial charge in [-0.2, -0.15) is 0 Å². The first kappa shape index (κ1) is 39.7. The number of rotatable bonds is 10. The number of piperidine rings is 2. The summed E-state index contributed by atoms with van der Waals surface area (Å²) in [6, 6.07) is 18.9. The molecule has 3 aromatic carbocycles. The molecule has 5 amide bonds. The summed E-state index contributed by atoms with van der Waals surface area (Å²) in [4.78, 5) is 76.1. The summed E-state index contributed by atoms with van der Waals surface area (Å²) in [5.41, 5.74) is 5.69. The van der Waals surface area contributed by atoms with E-state index in [9.17, 15) is 28.4 Å². The summed E-state index contributed by atoms with van der Waals surface area (Å²) in [5.74, 6) is -1.16. The average Bonchev–Trinajstić information content (AvgIpc) is 3.76. The lowest BCUT2D eigenvalue weighted by Gasteiger charge is -2.37. The molecule has 4 saturated heterocycles. The van der Waals surface area contributed by atoms with Gasteiger partial charge in [-0.15, -0.1) is 0 Å². The van der Waals surface area contributed by atoms with Gasteiger partial charge < -0.3 is 19.6 Å². The third-order valence-electron chi connectivity index (χ3n) is 13.3. The minimum atomic E-state index is -0.981. The van der Waals surface area contributed by atoms with E-state index in [-0.39, 0.29) is 30.1 Å². The second-order valence-electron chi connectivity index (χ2n) is 17.0. The number of hydrogen-bond acceptors (Lipinski definition) is 9. The van der Waals surface area contributed by atoms with E-state index in [4.69, 9.17) is 0 Å². The van der Waals surface area contributed by atoms with Crippen molar-refractivity contribution in [3.8, 4) is 0 Å². The van der Waals surface area contributed by atoms with Crippen LogP contribution in [0.5, 0.6) is 0 Å². The molecule has 3 aromatic rings. The van der Waals surface area contributed by atoms with Crippen LogP contribution in [0.25, 0.3) is 0 Å². The van der Waals surface area contributed by atoms with Gasteiger partial charge >= 0.3 is 0 Å². The van der Waals surface area contributed by atoms with E-state index in [1.165, 1.54) is 11.3 Å². The number of likely N-dealkylation sites (N-methyl/N-ethyl adjacent to an activating group) is 1. The standard InChI is InChI=1S/C45H54FN7O5/c1-29-5-4-6-38(46)36(29)26-49-27-37(40(28-49)48(2)3)31-8-10-32(11-9-31)51-21-23-52(24-22-51)42(55)16-7-30-17-19-50(20-18-30)33-12-13-34-35(25-33)45(58)53(44(34)57)39-14-15-41(54)47-43(39)56/h4-6,8-13,25,30,37,39-40H,7,14-24,26-28H2,1-3H3,(H,47,54,56)/t37-,39?,40-/m1/s1. The Kier molecular flexibility index (Phi) is 11.4. The molecule has 0 radical (unpaired) electrons. The number of hydrogen-bond donors (Lipinski definition) is 1. The van der Waals surface area contributed by atoms with Crippen LogP contribution >= 0.6 is 0 Å². The maximum absolute atomic E-state index is 14.7. The van der Waals surface area contributed by atoms with Gasteiger partial charge in [-0.1, -0.05) is 24.3 Å². The van der Waals surface area contributed by atoms with Gasteiger partial charge in [-0.05, 0) is 100 Å². The van der Waals surface area contributed by atoms with Gasteiger partial charge in [0.15, 0.2) is 0 Å². The Bertz CT molecular complexity index is 2060. The summed E-state index contributed by atoms with van der Waals surface area (Å²) in [7, 11) is 4.26. The minimum Gasteiger partial charge on any atom is -0.371 e. The summed E-state index contributed by atoms with van der Waals surface area (Å²) >= 11 is 0. The van der Waals surface area contributed by atoms with Crippen molar-refractivity contribution in [3.63, 3.8) is 0 Å². The largest absolute Gasteiger partial charge is 0.371 e. The molecule has 0 spiro atoms. The fraction of sp³-hybridized carbons (Fsp3) is 0.489. The molecule has 0 saturated carbocycles. The molecule has 5 aliphatic heterocycles. The number of likely N-dealkylation sites (tertiary alicyclic amines) is 1. The van der Waals surface area contributed by atoms with Gasteiger partial charge in [-0.25, -0.2) is 4.39 Å². The molecule has 5 aliphatic rings.